The molecule has 1 saturated heterocycles. The first-order valence-electron chi connectivity index (χ1n) is 5.84. The molecule has 52 valence electrons. The summed E-state index contributed by atoms with van der Waals surface area (Å²) in [6, 6.07) is -1.08. The normalized spacial score (nSPS) is 30.8. The second kappa shape index (κ2) is 2.43. The van der Waals surface area contributed by atoms with Crippen molar-refractivity contribution in [2.24, 2.45) is 0 Å². The Morgan fingerprint density at radius 3 is 2.60 bits per heavy atom. The molecule has 1 aliphatic heterocycles. The lowest BCUT2D eigenvalue weighted by Crippen LogP contribution is -2.34. The molecule has 1 heterocycles. The Morgan fingerprint density at radius 1 is 1.40 bits per heavy atom. The zero-order valence-corrected chi connectivity index (χ0v) is 5.49. The number of hydrogen-bond acceptors (Lipinski definition) is 1. The predicted octanol–water partition coefficient (Wildman–Crippen LogP) is 1.72. The van der Waals surface area contributed by atoms with Crippen molar-refractivity contribution in [3.05, 3.63) is 35.8 Å². The molecule has 10 heavy (non-hydrogen) atoms. The Bertz CT molecular complexity index is 384. The van der Waals surface area contributed by atoms with Gasteiger partial charge in [0.05, 0.1) is 6.85 Å². The third-order valence-corrected chi connectivity index (χ3v) is 1.69. The van der Waals surface area contributed by atoms with Gasteiger partial charge in [0.25, 0.3) is 0 Å². The SMILES string of the molecule is [2H]c1c([2H])c([2H])c(C2CCN2)c([2H])c1[2H]. The van der Waals surface area contributed by atoms with E-state index >= 15 is 0 Å². The van der Waals surface area contributed by atoms with Crippen molar-refractivity contribution < 1.29 is 6.85 Å². The number of benzene rings is 1. The van der Waals surface area contributed by atoms with Gasteiger partial charge in [0.1, 0.15) is 0 Å². The molecule has 0 aromatic heterocycles. The first kappa shape index (κ1) is 2.67. The zero-order valence-electron chi connectivity index (χ0n) is 10.5. The van der Waals surface area contributed by atoms with Crippen molar-refractivity contribution >= 4 is 0 Å². The van der Waals surface area contributed by atoms with Crippen LogP contribution in [0.5, 0.6) is 0 Å². The van der Waals surface area contributed by atoms with Crippen molar-refractivity contribution in [1.82, 2.24) is 5.32 Å². The average Bonchev–Trinajstić information content (AvgIpc) is 2.15. The van der Waals surface area contributed by atoms with Crippen LogP contribution in [0.3, 0.4) is 0 Å². The minimum atomic E-state index is -0.326. The standard InChI is InChI=1S/C9H11N/c1-2-4-8(5-3-1)9-6-7-10-9/h1-5,9-10H,6-7H2/i1D,2D,3D,4D,5D. The van der Waals surface area contributed by atoms with E-state index in [2.05, 4.69) is 5.32 Å². The van der Waals surface area contributed by atoms with Gasteiger partial charge in [-0.3, -0.25) is 0 Å². The predicted molar refractivity (Wildman–Crippen MR) is 41.8 cm³/mol. The fourth-order valence-corrected chi connectivity index (χ4v) is 0.969. The van der Waals surface area contributed by atoms with Gasteiger partial charge in [0, 0.05) is 6.04 Å². The van der Waals surface area contributed by atoms with E-state index in [1.165, 1.54) is 0 Å². The molecule has 1 aromatic rings. The molecule has 1 N–H and O–H groups in total. The molecule has 0 radical (unpaired) electrons. The molecule has 0 amide bonds. The minimum absolute atomic E-state index is 0.0844. The molecule has 0 saturated carbocycles. The lowest BCUT2D eigenvalue weighted by Gasteiger charge is -2.27. The summed E-state index contributed by atoms with van der Waals surface area (Å²) in [5, 5.41) is 3.05. The maximum Gasteiger partial charge on any atom is 0.0626 e. The van der Waals surface area contributed by atoms with Gasteiger partial charge in [-0.05, 0) is 18.5 Å². The first-order chi connectivity index (χ1) is 7.04. The van der Waals surface area contributed by atoms with Gasteiger partial charge < -0.3 is 5.32 Å². The lowest BCUT2D eigenvalue weighted by atomic mass is 9.98. The topological polar surface area (TPSA) is 12.0 Å². The number of nitrogens with one attached hydrogen (secondary N) is 1. The Kier molecular flexibility index (Phi) is 0.647. The van der Waals surface area contributed by atoms with Crippen LogP contribution >= 0.6 is 0 Å². The van der Waals surface area contributed by atoms with Crippen LogP contribution in [-0.4, -0.2) is 6.54 Å². The van der Waals surface area contributed by atoms with Gasteiger partial charge >= 0.3 is 0 Å². The van der Waals surface area contributed by atoms with Gasteiger partial charge in [-0.15, -0.1) is 0 Å². The third-order valence-electron chi connectivity index (χ3n) is 1.69. The maximum absolute atomic E-state index is 7.69. The van der Waals surface area contributed by atoms with Crippen LogP contribution in [0, 0.1) is 0 Å². The van der Waals surface area contributed by atoms with Crippen LogP contribution in [0.15, 0.2) is 30.2 Å². The van der Waals surface area contributed by atoms with E-state index in [0.29, 0.717) is 5.56 Å². The van der Waals surface area contributed by atoms with Gasteiger partial charge in [-0.25, -0.2) is 0 Å². The molecular formula is C9H11N. The third kappa shape index (κ3) is 0.929. The van der Waals surface area contributed by atoms with Gasteiger partial charge in [-0.1, -0.05) is 30.2 Å². The summed E-state index contributed by atoms with van der Waals surface area (Å²) in [5.41, 5.74) is 0.396. The number of rotatable bonds is 1. The monoisotopic (exact) mass is 138 g/mol. The van der Waals surface area contributed by atoms with Crippen LogP contribution in [0.2, 0.25) is 0 Å². The quantitative estimate of drug-likeness (QED) is 0.623. The first-order valence-corrected chi connectivity index (χ1v) is 3.34. The highest BCUT2D eigenvalue weighted by Crippen LogP contribution is 2.21. The average molecular weight is 138 g/mol. The summed E-state index contributed by atoms with van der Waals surface area (Å²) in [4.78, 5) is 0. The molecule has 1 fully saturated rings. The highest BCUT2D eigenvalue weighted by molar-refractivity contribution is 5.20. The van der Waals surface area contributed by atoms with Crippen molar-refractivity contribution in [1.29, 1.82) is 0 Å². The highest BCUT2D eigenvalue weighted by Gasteiger charge is 2.16. The van der Waals surface area contributed by atoms with Crippen molar-refractivity contribution in [3.63, 3.8) is 0 Å². The smallest absolute Gasteiger partial charge is 0.0626 e. The minimum Gasteiger partial charge on any atom is -0.310 e. The van der Waals surface area contributed by atoms with Crippen LogP contribution in [0.25, 0.3) is 0 Å². The Hall–Kier alpha value is -0.820. The molecule has 0 bridgehead atoms. The van der Waals surface area contributed by atoms with Gasteiger partial charge in [0.15, 0.2) is 0 Å². The highest BCUT2D eigenvalue weighted by atomic mass is 15.0. The fourth-order valence-electron chi connectivity index (χ4n) is 0.969. The summed E-state index contributed by atoms with van der Waals surface area (Å²) < 4.78 is 37.8. The van der Waals surface area contributed by atoms with Crippen LogP contribution < -0.4 is 5.32 Å². The lowest BCUT2D eigenvalue weighted by molar-refractivity contribution is 0.383. The van der Waals surface area contributed by atoms with Crippen LogP contribution in [0.4, 0.5) is 0 Å². The van der Waals surface area contributed by atoms with E-state index < -0.39 is 0 Å². The molecule has 0 spiro atoms. The molecule has 1 atom stereocenters. The fraction of sp³-hybridized carbons (Fsp3) is 0.333. The number of hydrogen-bond donors (Lipinski definition) is 1. The van der Waals surface area contributed by atoms with Crippen molar-refractivity contribution in [2.45, 2.75) is 12.5 Å². The molecule has 1 aromatic carbocycles. The van der Waals surface area contributed by atoms with Crippen molar-refractivity contribution in [3.8, 4) is 0 Å². The molecule has 0 aliphatic carbocycles. The maximum atomic E-state index is 7.69. The van der Waals surface area contributed by atoms with Gasteiger partial charge in [0.2, 0.25) is 0 Å². The molecule has 1 unspecified atom stereocenters. The molecule has 1 heteroatoms. The van der Waals surface area contributed by atoms with Crippen LogP contribution in [0.1, 0.15) is 24.9 Å². The molecular weight excluding hydrogens is 122 g/mol. The molecule has 1 nitrogen and oxygen atoms in total. The second-order valence-corrected chi connectivity index (χ2v) is 2.33. The van der Waals surface area contributed by atoms with Crippen LogP contribution in [-0.2, 0) is 0 Å². The molecule has 2 rings (SSSR count). The van der Waals surface area contributed by atoms with E-state index in [1.807, 2.05) is 0 Å². The zero-order chi connectivity index (χ0) is 11.2. The second-order valence-electron chi connectivity index (χ2n) is 2.33. The molecule has 1 aliphatic rings. The summed E-state index contributed by atoms with van der Waals surface area (Å²) in [5.74, 6) is 0. The van der Waals surface area contributed by atoms with E-state index in [-0.39, 0.29) is 36.3 Å². The van der Waals surface area contributed by atoms with E-state index in [0.717, 1.165) is 13.0 Å². The Labute approximate surface area is 68.1 Å². The Balaban J connectivity index is 2.62. The summed E-state index contributed by atoms with van der Waals surface area (Å²) in [7, 11) is 0. The van der Waals surface area contributed by atoms with Gasteiger partial charge in [-0.2, -0.15) is 0 Å². The van der Waals surface area contributed by atoms with E-state index in [9.17, 15) is 0 Å². The van der Waals surface area contributed by atoms with E-state index in [4.69, 9.17) is 6.85 Å². The Morgan fingerprint density at radius 2 is 2.10 bits per heavy atom. The van der Waals surface area contributed by atoms with E-state index in [1.54, 1.807) is 0 Å². The largest absolute Gasteiger partial charge is 0.310 e. The summed E-state index contributed by atoms with van der Waals surface area (Å²) >= 11 is 0. The summed E-state index contributed by atoms with van der Waals surface area (Å²) in [6.07, 6.45) is 0.827. The van der Waals surface area contributed by atoms with Crippen molar-refractivity contribution in [2.75, 3.05) is 6.54 Å². The summed E-state index contributed by atoms with van der Waals surface area (Å²) in [6.45, 7) is 0.840.